The van der Waals surface area contributed by atoms with Crippen LogP contribution < -0.4 is 10.2 Å². The molecule has 1 aliphatic carbocycles. The average molecular weight is 284 g/mol. The second-order valence-electron chi connectivity index (χ2n) is 6.56. The maximum absolute atomic E-state index is 4.91. The molecule has 1 aromatic heterocycles. The first-order valence-corrected chi connectivity index (χ1v) is 8.22. The standard InChI is InChI=1S/C17H24N4/c1-20-16-7-3-2-6-15(16)19-17(20)21(14-8-9-14)12-13-5-4-10-18-11-13/h2-3,6-7,13-14,18H,4-5,8-12H2,1H3. The lowest BCUT2D eigenvalue weighted by atomic mass is 9.99. The summed E-state index contributed by atoms with van der Waals surface area (Å²) in [4.78, 5) is 7.47. The molecule has 0 radical (unpaired) electrons. The van der Waals surface area contributed by atoms with E-state index in [1.54, 1.807) is 0 Å². The zero-order chi connectivity index (χ0) is 14.2. The Morgan fingerprint density at radius 3 is 2.86 bits per heavy atom. The first-order valence-electron chi connectivity index (χ1n) is 8.22. The van der Waals surface area contributed by atoms with Gasteiger partial charge in [0, 0.05) is 19.6 Å². The Labute approximate surface area is 126 Å². The number of nitrogens with one attached hydrogen (secondary N) is 1. The molecular formula is C17H24N4. The monoisotopic (exact) mass is 284 g/mol. The highest BCUT2D eigenvalue weighted by Gasteiger charge is 2.33. The highest BCUT2D eigenvalue weighted by Crippen LogP contribution is 2.33. The number of para-hydroxylation sites is 2. The Hall–Kier alpha value is -1.55. The summed E-state index contributed by atoms with van der Waals surface area (Å²) < 4.78 is 2.27. The van der Waals surface area contributed by atoms with Gasteiger partial charge in [0.2, 0.25) is 5.95 Å². The lowest BCUT2D eigenvalue weighted by Crippen LogP contribution is -2.40. The molecule has 0 spiro atoms. The average Bonchev–Trinajstić information content (AvgIpc) is 3.31. The predicted octanol–water partition coefficient (Wildman–Crippen LogP) is 2.54. The van der Waals surface area contributed by atoms with Crippen LogP contribution in [0.3, 0.4) is 0 Å². The van der Waals surface area contributed by atoms with Gasteiger partial charge in [-0.1, -0.05) is 12.1 Å². The first kappa shape index (κ1) is 13.1. The molecule has 2 aliphatic rings. The minimum absolute atomic E-state index is 0.711. The molecule has 2 aromatic rings. The molecule has 1 N–H and O–H groups in total. The number of fused-ring (bicyclic) bond motifs is 1. The minimum atomic E-state index is 0.711. The van der Waals surface area contributed by atoms with E-state index < -0.39 is 0 Å². The van der Waals surface area contributed by atoms with Gasteiger partial charge in [-0.05, 0) is 56.8 Å². The zero-order valence-corrected chi connectivity index (χ0v) is 12.8. The van der Waals surface area contributed by atoms with Crippen molar-refractivity contribution in [1.29, 1.82) is 0 Å². The number of hydrogen-bond donors (Lipinski definition) is 1. The van der Waals surface area contributed by atoms with Gasteiger partial charge in [0.05, 0.1) is 11.0 Å². The van der Waals surface area contributed by atoms with Gasteiger partial charge >= 0.3 is 0 Å². The SMILES string of the molecule is Cn1c(N(CC2CCCNC2)C2CC2)nc2ccccc21. The third-order valence-corrected chi connectivity index (χ3v) is 4.86. The topological polar surface area (TPSA) is 33.1 Å². The van der Waals surface area contributed by atoms with E-state index in [-0.39, 0.29) is 0 Å². The Morgan fingerprint density at radius 2 is 2.14 bits per heavy atom. The molecule has 21 heavy (non-hydrogen) atoms. The van der Waals surface area contributed by atoms with Crippen molar-refractivity contribution >= 4 is 17.0 Å². The summed E-state index contributed by atoms with van der Waals surface area (Å²) in [6.07, 6.45) is 5.30. The lowest BCUT2D eigenvalue weighted by molar-refractivity contribution is 0.374. The van der Waals surface area contributed by atoms with Gasteiger partial charge in [0.1, 0.15) is 0 Å². The quantitative estimate of drug-likeness (QED) is 0.936. The van der Waals surface area contributed by atoms with Crippen molar-refractivity contribution in [2.75, 3.05) is 24.5 Å². The second-order valence-corrected chi connectivity index (χ2v) is 6.56. The van der Waals surface area contributed by atoms with Crippen LogP contribution in [0.25, 0.3) is 11.0 Å². The van der Waals surface area contributed by atoms with Crippen LogP contribution in [0.5, 0.6) is 0 Å². The lowest BCUT2D eigenvalue weighted by Gasteiger charge is -2.31. The minimum Gasteiger partial charge on any atom is -0.339 e. The van der Waals surface area contributed by atoms with Gasteiger partial charge in [-0.3, -0.25) is 0 Å². The number of piperidine rings is 1. The van der Waals surface area contributed by atoms with Crippen LogP contribution in [-0.2, 0) is 7.05 Å². The van der Waals surface area contributed by atoms with E-state index in [0.717, 1.165) is 30.5 Å². The molecule has 4 rings (SSSR count). The van der Waals surface area contributed by atoms with Crippen molar-refractivity contribution in [2.45, 2.75) is 31.7 Å². The van der Waals surface area contributed by atoms with Crippen LogP contribution in [0.1, 0.15) is 25.7 Å². The number of nitrogens with zero attached hydrogens (tertiary/aromatic N) is 3. The molecule has 1 unspecified atom stereocenters. The fraction of sp³-hybridized carbons (Fsp3) is 0.588. The Bertz CT molecular complexity index is 623. The molecule has 2 fully saturated rings. The van der Waals surface area contributed by atoms with E-state index in [9.17, 15) is 0 Å². The van der Waals surface area contributed by atoms with Crippen molar-refractivity contribution in [3.63, 3.8) is 0 Å². The fourth-order valence-corrected chi connectivity index (χ4v) is 3.53. The third-order valence-electron chi connectivity index (χ3n) is 4.86. The smallest absolute Gasteiger partial charge is 0.206 e. The van der Waals surface area contributed by atoms with Crippen LogP contribution >= 0.6 is 0 Å². The Kier molecular flexibility index (Phi) is 3.34. The molecule has 1 aromatic carbocycles. The summed E-state index contributed by atoms with van der Waals surface area (Å²) in [5, 5.41) is 3.54. The van der Waals surface area contributed by atoms with Crippen molar-refractivity contribution in [1.82, 2.24) is 14.9 Å². The van der Waals surface area contributed by atoms with Crippen LogP contribution in [0.4, 0.5) is 5.95 Å². The predicted molar refractivity (Wildman–Crippen MR) is 86.7 cm³/mol. The molecular weight excluding hydrogens is 260 g/mol. The van der Waals surface area contributed by atoms with Crippen LogP contribution in [0, 0.1) is 5.92 Å². The largest absolute Gasteiger partial charge is 0.339 e. The number of imidazole rings is 1. The summed E-state index contributed by atoms with van der Waals surface area (Å²) in [7, 11) is 2.15. The zero-order valence-electron chi connectivity index (χ0n) is 12.8. The van der Waals surface area contributed by atoms with Crippen molar-refractivity contribution in [2.24, 2.45) is 13.0 Å². The Morgan fingerprint density at radius 1 is 1.29 bits per heavy atom. The normalized spacial score (nSPS) is 22.6. The van der Waals surface area contributed by atoms with E-state index in [1.807, 2.05) is 0 Å². The van der Waals surface area contributed by atoms with Gasteiger partial charge in [-0.25, -0.2) is 4.98 Å². The summed E-state index contributed by atoms with van der Waals surface area (Å²) in [5.74, 6) is 1.92. The van der Waals surface area contributed by atoms with Crippen LogP contribution in [0.15, 0.2) is 24.3 Å². The highest BCUT2D eigenvalue weighted by molar-refractivity contribution is 5.78. The van der Waals surface area contributed by atoms with E-state index in [2.05, 4.69) is 46.1 Å². The number of aryl methyl sites for hydroxylation is 1. The molecule has 4 heteroatoms. The molecule has 1 saturated heterocycles. The molecule has 1 saturated carbocycles. The maximum atomic E-state index is 4.91. The van der Waals surface area contributed by atoms with Crippen molar-refractivity contribution < 1.29 is 0 Å². The Balaban J connectivity index is 1.64. The van der Waals surface area contributed by atoms with Gasteiger partial charge in [0.15, 0.2) is 0 Å². The summed E-state index contributed by atoms with van der Waals surface area (Å²) in [6.45, 7) is 3.49. The number of anilines is 1. The van der Waals surface area contributed by atoms with Crippen molar-refractivity contribution in [3.05, 3.63) is 24.3 Å². The number of benzene rings is 1. The second kappa shape index (κ2) is 5.34. The van der Waals surface area contributed by atoms with Crippen LogP contribution in [0.2, 0.25) is 0 Å². The number of rotatable bonds is 4. The number of hydrogen-bond acceptors (Lipinski definition) is 3. The summed E-state index contributed by atoms with van der Waals surface area (Å²) in [5.41, 5.74) is 2.35. The third kappa shape index (κ3) is 2.53. The van der Waals surface area contributed by atoms with Gasteiger partial charge in [0.25, 0.3) is 0 Å². The number of aromatic nitrogens is 2. The highest BCUT2D eigenvalue weighted by atomic mass is 15.3. The van der Waals surface area contributed by atoms with E-state index >= 15 is 0 Å². The molecule has 0 bridgehead atoms. The van der Waals surface area contributed by atoms with Gasteiger partial charge in [-0.2, -0.15) is 0 Å². The molecule has 1 aliphatic heterocycles. The van der Waals surface area contributed by atoms with E-state index in [0.29, 0.717) is 6.04 Å². The fourth-order valence-electron chi connectivity index (χ4n) is 3.53. The van der Waals surface area contributed by atoms with Crippen LogP contribution in [-0.4, -0.2) is 35.2 Å². The maximum Gasteiger partial charge on any atom is 0.206 e. The van der Waals surface area contributed by atoms with E-state index in [4.69, 9.17) is 4.98 Å². The van der Waals surface area contributed by atoms with Crippen molar-refractivity contribution in [3.8, 4) is 0 Å². The molecule has 112 valence electrons. The summed E-state index contributed by atoms with van der Waals surface area (Å²) in [6, 6.07) is 9.17. The molecule has 1 atom stereocenters. The van der Waals surface area contributed by atoms with Gasteiger partial charge in [-0.15, -0.1) is 0 Å². The first-order chi connectivity index (χ1) is 10.3. The molecule has 2 heterocycles. The van der Waals surface area contributed by atoms with Gasteiger partial charge < -0.3 is 14.8 Å². The molecule has 4 nitrogen and oxygen atoms in total. The molecule has 0 amide bonds. The van der Waals surface area contributed by atoms with E-state index in [1.165, 1.54) is 37.7 Å². The summed E-state index contributed by atoms with van der Waals surface area (Å²) >= 11 is 0.